The Morgan fingerprint density at radius 3 is 2.60 bits per heavy atom. The van der Waals surface area contributed by atoms with Crippen LogP contribution in [0.2, 0.25) is 0 Å². The summed E-state index contributed by atoms with van der Waals surface area (Å²) in [5, 5.41) is 8.69. The van der Waals surface area contributed by atoms with E-state index in [2.05, 4.69) is 18.7 Å². The van der Waals surface area contributed by atoms with Gasteiger partial charge in [0.1, 0.15) is 5.82 Å². The van der Waals surface area contributed by atoms with Gasteiger partial charge in [-0.2, -0.15) is 0 Å². The minimum absolute atomic E-state index is 0.357. The van der Waals surface area contributed by atoms with Crippen LogP contribution in [0.4, 0.5) is 4.39 Å². The number of nitrogens with zero attached hydrogens (tertiary/aromatic N) is 1. The van der Waals surface area contributed by atoms with Crippen molar-refractivity contribution in [3.05, 3.63) is 41.2 Å². The molecule has 20 heavy (non-hydrogen) atoms. The van der Waals surface area contributed by atoms with E-state index in [0.717, 1.165) is 24.5 Å². The molecule has 0 radical (unpaired) electrons. The third kappa shape index (κ3) is 4.78. The van der Waals surface area contributed by atoms with Crippen LogP contribution in [0.1, 0.15) is 37.8 Å². The van der Waals surface area contributed by atoms with E-state index < -0.39 is 5.97 Å². The van der Waals surface area contributed by atoms with E-state index in [-0.39, 0.29) is 5.82 Å². The van der Waals surface area contributed by atoms with Gasteiger partial charge in [-0.1, -0.05) is 19.9 Å². The summed E-state index contributed by atoms with van der Waals surface area (Å²) in [4.78, 5) is 12.8. The lowest BCUT2D eigenvalue weighted by Crippen LogP contribution is -2.30. The van der Waals surface area contributed by atoms with Crippen molar-refractivity contribution in [1.82, 2.24) is 4.90 Å². The number of hydrogen-bond donors (Lipinski definition) is 1. The van der Waals surface area contributed by atoms with Crippen molar-refractivity contribution in [1.29, 1.82) is 0 Å². The highest BCUT2D eigenvalue weighted by Gasteiger charge is 2.12. The fraction of sp³-hybridized carbons (Fsp3) is 0.438. The zero-order valence-corrected chi connectivity index (χ0v) is 12.3. The monoisotopic (exact) mass is 279 g/mol. The number of aliphatic carboxylic acids is 1. The van der Waals surface area contributed by atoms with Crippen LogP contribution in [-0.2, 0) is 11.3 Å². The maximum absolute atomic E-state index is 13.3. The molecule has 1 aromatic rings. The van der Waals surface area contributed by atoms with Crippen LogP contribution in [-0.4, -0.2) is 29.1 Å². The van der Waals surface area contributed by atoms with Crippen LogP contribution in [0, 0.1) is 5.82 Å². The molecule has 1 N–H and O–H groups in total. The second-order valence-corrected chi connectivity index (χ2v) is 4.90. The Bertz CT molecular complexity index is 481. The van der Waals surface area contributed by atoms with Crippen LogP contribution in [0.3, 0.4) is 0 Å². The average Bonchev–Trinajstić information content (AvgIpc) is 2.40. The number of carbonyl (C=O) groups is 1. The van der Waals surface area contributed by atoms with E-state index in [1.54, 1.807) is 6.07 Å². The van der Waals surface area contributed by atoms with Crippen LogP contribution in [0.25, 0.3) is 6.08 Å². The summed E-state index contributed by atoms with van der Waals surface area (Å²) in [6.45, 7) is 4.95. The van der Waals surface area contributed by atoms with Gasteiger partial charge in [0.15, 0.2) is 0 Å². The summed E-state index contributed by atoms with van der Waals surface area (Å²) in [5.74, 6) is -1.39. The molecular weight excluding hydrogens is 257 g/mol. The lowest BCUT2D eigenvalue weighted by molar-refractivity contribution is -0.131. The van der Waals surface area contributed by atoms with Gasteiger partial charge in [-0.15, -0.1) is 0 Å². The first-order valence-electron chi connectivity index (χ1n) is 6.87. The van der Waals surface area contributed by atoms with Crippen molar-refractivity contribution >= 4 is 12.0 Å². The van der Waals surface area contributed by atoms with E-state index >= 15 is 0 Å². The Hall–Kier alpha value is -1.68. The molecule has 110 valence electrons. The zero-order valence-electron chi connectivity index (χ0n) is 12.3. The topological polar surface area (TPSA) is 40.5 Å². The van der Waals surface area contributed by atoms with Gasteiger partial charge in [0.05, 0.1) is 0 Å². The average molecular weight is 279 g/mol. The molecule has 3 nitrogen and oxygen atoms in total. The van der Waals surface area contributed by atoms with E-state index in [9.17, 15) is 9.18 Å². The van der Waals surface area contributed by atoms with Gasteiger partial charge in [-0.25, -0.2) is 9.18 Å². The highest BCUT2D eigenvalue weighted by Crippen LogP contribution is 2.18. The first-order chi connectivity index (χ1) is 9.47. The molecule has 1 aromatic carbocycles. The molecule has 1 rings (SSSR count). The standard InChI is InChI=1S/C16H22FNO2/c1-4-15(5-2)18(3)11-13-6-8-14(17)10-12(13)7-9-16(19)20/h6-10,15H,4-5,11H2,1-3H3,(H,19,20). The van der Waals surface area contributed by atoms with Gasteiger partial charge in [0.2, 0.25) is 0 Å². The Labute approximate surface area is 119 Å². The number of hydrogen-bond acceptors (Lipinski definition) is 2. The van der Waals surface area contributed by atoms with Crippen molar-refractivity contribution in [2.24, 2.45) is 0 Å². The Morgan fingerprint density at radius 1 is 1.40 bits per heavy atom. The fourth-order valence-electron chi connectivity index (χ4n) is 2.34. The highest BCUT2D eigenvalue weighted by molar-refractivity contribution is 5.85. The van der Waals surface area contributed by atoms with Gasteiger partial charge in [0, 0.05) is 18.7 Å². The van der Waals surface area contributed by atoms with Gasteiger partial charge >= 0.3 is 5.97 Å². The quantitative estimate of drug-likeness (QED) is 0.776. The van der Waals surface area contributed by atoms with Crippen LogP contribution in [0.5, 0.6) is 0 Å². The molecule has 0 atom stereocenters. The number of benzene rings is 1. The third-order valence-corrected chi connectivity index (χ3v) is 3.50. The molecule has 0 heterocycles. The minimum atomic E-state index is -1.03. The second kappa shape index (κ2) is 7.80. The summed E-state index contributed by atoms with van der Waals surface area (Å²) >= 11 is 0. The zero-order chi connectivity index (χ0) is 15.1. The summed E-state index contributed by atoms with van der Waals surface area (Å²) in [7, 11) is 2.03. The van der Waals surface area contributed by atoms with Crippen molar-refractivity contribution < 1.29 is 14.3 Å². The lowest BCUT2D eigenvalue weighted by atomic mass is 10.0. The molecule has 4 heteroatoms. The van der Waals surface area contributed by atoms with Gasteiger partial charge in [-0.05, 0) is 49.2 Å². The van der Waals surface area contributed by atoms with Crippen LogP contribution < -0.4 is 0 Å². The normalized spacial score (nSPS) is 11.7. The van der Waals surface area contributed by atoms with Gasteiger partial charge < -0.3 is 5.11 Å². The van der Waals surface area contributed by atoms with Crippen molar-refractivity contribution in [2.45, 2.75) is 39.3 Å². The molecule has 0 aromatic heterocycles. The summed E-state index contributed by atoms with van der Waals surface area (Å²) in [6.07, 6.45) is 4.58. The van der Waals surface area contributed by atoms with Crippen LogP contribution >= 0.6 is 0 Å². The van der Waals surface area contributed by atoms with Crippen LogP contribution in [0.15, 0.2) is 24.3 Å². The summed E-state index contributed by atoms with van der Waals surface area (Å²) in [6, 6.07) is 4.97. The largest absolute Gasteiger partial charge is 0.478 e. The summed E-state index contributed by atoms with van der Waals surface area (Å²) < 4.78 is 13.3. The molecule has 0 fully saturated rings. The van der Waals surface area contributed by atoms with Crippen molar-refractivity contribution in [3.8, 4) is 0 Å². The van der Waals surface area contributed by atoms with Gasteiger partial charge in [-0.3, -0.25) is 4.90 Å². The van der Waals surface area contributed by atoms with E-state index in [0.29, 0.717) is 18.2 Å². The molecule has 0 amide bonds. The Kier molecular flexibility index (Phi) is 6.39. The maximum Gasteiger partial charge on any atom is 0.328 e. The number of halogens is 1. The summed E-state index contributed by atoms with van der Waals surface area (Å²) in [5.41, 5.74) is 1.54. The molecule has 0 aliphatic heterocycles. The van der Waals surface area contributed by atoms with E-state index in [1.807, 2.05) is 7.05 Å². The Balaban J connectivity index is 2.96. The number of carboxylic acids is 1. The lowest BCUT2D eigenvalue weighted by Gasteiger charge is -2.26. The molecule has 0 aliphatic carbocycles. The second-order valence-electron chi connectivity index (χ2n) is 4.90. The van der Waals surface area contributed by atoms with E-state index in [1.165, 1.54) is 18.2 Å². The molecule has 0 saturated heterocycles. The molecule has 0 unspecified atom stereocenters. The highest BCUT2D eigenvalue weighted by atomic mass is 19.1. The Morgan fingerprint density at radius 2 is 2.05 bits per heavy atom. The molecule has 0 aliphatic rings. The molecule has 0 bridgehead atoms. The van der Waals surface area contributed by atoms with Gasteiger partial charge in [0.25, 0.3) is 0 Å². The third-order valence-electron chi connectivity index (χ3n) is 3.50. The first-order valence-corrected chi connectivity index (χ1v) is 6.87. The number of rotatable bonds is 7. The predicted molar refractivity (Wildman–Crippen MR) is 78.9 cm³/mol. The smallest absolute Gasteiger partial charge is 0.328 e. The molecular formula is C16H22FNO2. The predicted octanol–water partition coefficient (Wildman–Crippen LogP) is 3.54. The molecule has 0 spiro atoms. The molecule has 0 saturated carbocycles. The first kappa shape index (κ1) is 16.4. The van der Waals surface area contributed by atoms with E-state index in [4.69, 9.17) is 5.11 Å². The number of carboxylic acid groups (broad SMARTS) is 1. The SMILES string of the molecule is CCC(CC)N(C)Cc1ccc(F)cc1C=CC(=O)O. The van der Waals surface area contributed by atoms with Crippen molar-refractivity contribution in [3.63, 3.8) is 0 Å². The van der Waals surface area contributed by atoms with Crippen molar-refractivity contribution in [2.75, 3.05) is 7.05 Å². The minimum Gasteiger partial charge on any atom is -0.478 e. The maximum atomic E-state index is 13.3. The fourth-order valence-corrected chi connectivity index (χ4v) is 2.34.